The van der Waals surface area contributed by atoms with Gasteiger partial charge in [-0.2, -0.15) is 0 Å². The van der Waals surface area contributed by atoms with E-state index in [9.17, 15) is 4.79 Å². The molecular weight excluding hydrogens is 332 g/mol. The van der Waals surface area contributed by atoms with Gasteiger partial charge in [-0.25, -0.2) is 4.79 Å². The molecule has 1 aliphatic rings. The molecule has 0 aromatic heterocycles. The van der Waals surface area contributed by atoms with Gasteiger partial charge in [-0.05, 0) is 12.1 Å². The van der Waals surface area contributed by atoms with Gasteiger partial charge in [0.1, 0.15) is 17.1 Å². The average molecular weight is 354 g/mol. The lowest BCUT2D eigenvalue weighted by Crippen LogP contribution is -2.27. The van der Waals surface area contributed by atoms with Crippen LogP contribution in [0, 0.1) is 0 Å². The van der Waals surface area contributed by atoms with Gasteiger partial charge in [-0.3, -0.25) is 0 Å². The minimum absolute atomic E-state index is 0.0381. The SMILES string of the molecule is COC(=O)C1=C(N)Oc2cc(N(C)C)ccc2[C@H]1c1ccccc1OC. The summed E-state index contributed by atoms with van der Waals surface area (Å²) in [6, 6.07) is 13.4. The van der Waals surface area contributed by atoms with Gasteiger partial charge in [0, 0.05) is 37.0 Å². The van der Waals surface area contributed by atoms with Gasteiger partial charge in [-0.1, -0.05) is 24.3 Å². The molecule has 136 valence electrons. The zero-order valence-electron chi connectivity index (χ0n) is 15.3. The molecule has 0 amide bonds. The van der Waals surface area contributed by atoms with Crippen LogP contribution in [-0.2, 0) is 9.53 Å². The van der Waals surface area contributed by atoms with E-state index >= 15 is 0 Å². The van der Waals surface area contributed by atoms with Gasteiger partial charge in [-0.15, -0.1) is 0 Å². The molecule has 1 heterocycles. The topological polar surface area (TPSA) is 74.0 Å². The van der Waals surface area contributed by atoms with Crippen LogP contribution in [0.4, 0.5) is 5.69 Å². The summed E-state index contributed by atoms with van der Waals surface area (Å²) in [6.07, 6.45) is 0. The van der Waals surface area contributed by atoms with Crippen molar-refractivity contribution in [2.75, 3.05) is 33.2 Å². The van der Waals surface area contributed by atoms with E-state index in [1.165, 1.54) is 7.11 Å². The summed E-state index contributed by atoms with van der Waals surface area (Å²) >= 11 is 0. The second kappa shape index (κ2) is 7.00. The van der Waals surface area contributed by atoms with E-state index < -0.39 is 11.9 Å². The summed E-state index contributed by atoms with van der Waals surface area (Å²) < 4.78 is 16.2. The summed E-state index contributed by atoms with van der Waals surface area (Å²) in [6.45, 7) is 0. The van der Waals surface area contributed by atoms with Crippen LogP contribution < -0.4 is 20.1 Å². The molecule has 0 radical (unpaired) electrons. The average Bonchev–Trinajstić information content (AvgIpc) is 2.65. The van der Waals surface area contributed by atoms with Crippen molar-refractivity contribution in [2.45, 2.75) is 5.92 Å². The molecule has 3 rings (SSSR count). The second-order valence-electron chi connectivity index (χ2n) is 6.16. The van der Waals surface area contributed by atoms with Crippen LogP contribution in [0.3, 0.4) is 0 Å². The highest BCUT2D eigenvalue weighted by atomic mass is 16.5. The van der Waals surface area contributed by atoms with Crippen molar-refractivity contribution in [3.8, 4) is 11.5 Å². The summed E-state index contributed by atoms with van der Waals surface area (Å²) in [5.74, 6) is 0.337. The Labute approximate surface area is 152 Å². The molecule has 2 aromatic carbocycles. The Hall–Kier alpha value is -3.15. The molecule has 0 saturated heterocycles. The van der Waals surface area contributed by atoms with Gasteiger partial charge in [0.2, 0.25) is 5.88 Å². The van der Waals surface area contributed by atoms with E-state index in [2.05, 4.69) is 0 Å². The highest BCUT2D eigenvalue weighted by Gasteiger charge is 2.36. The van der Waals surface area contributed by atoms with Crippen LogP contribution in [0.25, 0.3) is 0 Å². The first-order chi connectivity index (χ1) is 12.5. The number of para-hydroxylation sites is 1. The first-order valence-corrected chi connectivity index (χ1v) is 8.18. The molecule has 0 unspecified atom stereocenters. The van der Waals surface area contributed by atoms with Crippen molar-refractivity contribution >= 4 is 11.7 Å². The van der Waals surface area contributed by atoms with E-state index in [4.69, 9.17) is 19.9 Å². The molecule has 0 saturated carbocycles. The van der Waals surface area contributed by atoms with Gasteiger partial charge in [0.25, 0.3) is 0 Å². The molecule has 2 N–H and O–H groups in total. The molecular formula is C20H22N2O4. The fourth-order valence-electron chi connectivity index (χ4n) is 3.16. The van der Waals surface area contributed by atoms with Crippen LogP contribution in [-0.4, -0.2) is 34.3 Å². The van der Waals surface area contributed by atoms with Crippen molar-refractivity contribution in [2.24, 2.45) is 5.73 Å². The van der Waals surface area contributed by atoms with Crippen LogP contribution in [0.2, 0.25) is 0 Å². The highest BCUT2D eigenvalue weighted by molar-refractivity contribution is 5.93. The molecule has 0 spiro atoms. The molecule has 6 nitrogen and oxygen atoms in total. The zero-order valence-corrected chi connectivity index (χ0v) is 15.3. The Morgan fingerprint density at radius 1 is 1.12 bits per heavy atom. The number of hydrogen-bond donors (Lipinski definition) is 1. The fraction of sp³-hybridized carbons (Fsp3) is 0.250. The number of carbonyl (C=O) groups is 1. The third kappa shape index (κ3) is 2.94. The first-order valence-electron chi connectivity index (χ1n) is 8.18. The number of nitrogens with zero attached hydrogens (tertiary/aromatic N) is 1. The smallest absolute Gasteiger partial charge is 0.340 e. The number of fused-ring (bicyclic) bond motifs is 1. The molecule has 0 aliphatic carbocycles. The Morgan fingerprint density at radius 3 is 2.50 bits per heavy atom. The van der Waals surface area contributed by atoms with E-state index in [-0.39, 0.29) is 11.5 Å². The standard InChI is InChI=1S/C20H22N2O4/c1-22(2)12-9-10-14-16(11-12)26-19(21)18(20(23)25-4)17(14)13-7-5-6-8-15(13)24-3/h5-11,17H,21H2,1-4H3/t17-/m1/s1. The molecule has 6 heteroatoms. The van der Waals surface area contributed by atoms with Crippen molar-refractivity contribution in [3.05, 3.63) is 65.0 Å². The Kier molecular flexibility index (Phi) is 4.75. The van der Waals surface area contributed by atoms with Gasteiger partial charge >= 0.3 is 5.97 Å². The number of methoxy groups -OCH3 is 2. The molecule has 26 heavy (non-hydrogen) atoms. The second-order valence-corrected chi connectivity index (χ2v) is 6.16. The third-order valence-electron chi connectivity index (χ3n) is 4.45. The molecule has 0 fully saturated rings. The number of ether oxygens (including phenoxy) is 3. The molecule has 2 aromatic rings. The Balaban J connectivity index is 2.25. The van der Waals surface area contributed by atoms with Crippen molar-refractivity contribution in [1.29, 1.82) is 0 Å². The lowest BCUT2D eigenvalue weighted by Gasteiger charge is -2.30. The van der Waals surface area contributed by atoms with Gasteiger partial charge < -0.3 is 24.8 Å². The number of anilines is 1. The van der Waals surface area contributed by atoms with E-state index in [0.717, 1.165) is 16.8 Å². The van der Waals surface area contributed by atoms with E-state index in [1.54, 1.807) is 7.11 Å². The monoisotopic (exact) mass is 354 g/mol. The maximum Gasteiger partial charge on any atom is 0.340 e. The van der Waals surface area contributed by atoms with E-state index in [1.807, 2.05) is 61.5 Å². The fourth-order valence-corrected chi connectivity index (χ4v) is 3.16. The van der Waals surface area contributed by atoms with Crippen LogP contribution in [0.1, 0.15) is 17.0 Å². The summed E-state index contributed by atoms with van der Waals surface area (Å²) in [4.78, 5) is 14.4. The highest BCUT2D eigenvalue weighted by Crippen LogP contribution is 2.46. The lowest BCUT2D eigenvalue weighted by atomic mass is 9.82. The zero-order chi connectivity index (χ0) is 18.8. The third-order valence-corrected chi connectivity index (χ3v) is 4.45. The largest absolute Gasteiger partial charge is 0.496 e. The van der Waals surface area contributed by atoms with Crippen molar-refractivity contribution < 1.29 is 19.0 Å². The number of esters is 1. The van der Waals surface area contributed by atoms with Crippen LogP contribution >= 0.6 is 0 Å². The Bertz CT molecular complexity index is 874. The summed E-state index contributed by atoms with van der Waals surface area (Å²) in [5.41, 5.74) is 9.00. The maximum absolute atomic E-state index is 12.5. The minimum atomic E-state index is -0.527. The van der Waals surface area contributed by atoms with Crippen LogP contribution in [0.15, 0.2) is 53.9 Å². The number of rotatable bonds is 4. The van der Waals surface area contributed by atoms with E-state index in [0.29, 0.717) is 11.5 Å². The summed E-state index contributed by atoms with van der Waals surface area (Å²) in [5, 5.41) is 0. The number of benzene rings is 2. The minimum Gasteiger partial charge on any atom is -0.496 e. The molecule has 0 bridgehead atoms. The Morgan fingerprint density at radius 2 is 1.85 bits per heavy atom. The molecule has 1 atom stereocenters. The maximum atomic E-state index is 12.5. The number of nitrogens with two attached hydrogens (primary N) is 1. The predicted octanol–water partition coefficient (Wildman–Crippen LogP) is 2.63. The number of carbonyl (C=O) groups excluding carboxylic acids is 1. The summed E-state index contributed by atoms with van der Waals surface area (Å²) in [7, 11) is 6.81. The lowest BCUT2D eigenvalue weighted by molar-refractivity contribution is -0.136. The van der Waals surface area contributed by atoms with Gasteiger partial charge in [0.15, 0.2) is 0 Å². The van der Waals surface area contributed by atoms with Crippen LogP contribution in [0.5, 0.6) is 11.5 Å². The molecule has 1 aliphatic heterocycles. The van der Waals surface area contributed by atoms with Gasteiger partial charge in [0.05, 0.1) is 20.1 Å². The predicted molar refractivity (Wildman–Crippen MR) is 99.5 cm³/mol. The quantitative estimate of drug-likeness (QED) is 0.851. The first kappa shape index (κ1) is 17.7. The van der Waals surface area contributed by atoms with Crippen molar-refractivity contribution in [3.63, 3.8) is 0 Å². The number of hydrogen-bond acceptors (Lipinski definition) is 6. The normalized spacial score (nSPS) is 15.8. The van der Waals surface area contributed by atoms with Crippen molar-refractivity contribution in [1.82, 2.24) is 0 Å².